The van der Waals surface area contributed by atoms with Crippen LogP contribution in [0.3, 0.4) is 0 Å². The molecule has 1 aliphatic rings. The largest absolute Gasteiger partial charge is 0.351 e. The Bertz CT molecular complexity index is 945. The third-order valence-corrected chi connectivity index (χ3v) is 5.13. The Morgan fingerprint density at radius 2 is 1.68 bits per heavy atom. The van der Waals surface area contributed by atoms with Crippen LogP contribution < -0.4 is 4.90 Å². The number of para-hydroxylation sites is 1. The van der Waals surface area contributed by atoms with Crippen LogP contribution in [0.4, 0.5) is 5.82 Å². The lowest BCUT2D eigenvalue weighted by atomic mass is 9.87. The van der Waals surface area contributed by atoms with E-state index in [0.29, 0.717) is 6.04 Å². The van der Waals surface area contributed by atoms with Crippen LogP contribution in [0.5, 0.6) is 0 Å². The van der Waals surface area contributed by atoms with E-state index in [4.69, 9.17) is 0 Å². The fourth-order valence-electron chi connectivity index (χ4n) is 3.56. The molecule has 1 aromatic heterocycles. The Hall–Kier alpha value is -2.55. The Balaban J connectivity index is 1.96. The van der Waals surface area contributed by atoms with Gasteiger partial charge in [0.05, 0.1) is 11.1 Å². The molecule has 1 fully saturated rings. The number of rotatable bonds is 3. The third-order valence-electron chi connectivity index (χ3n) is 5.13. The molecule has 0 radical (unpaired) electrons. The summed E-state index contributed by atoms with van der Waals surface area (Å²) in [6.45, 7) is 9.86. The number of carbonyl (C=O) groups excluding carboxylic acids is 1. The molecule has 0 aliphatic carbocycles. The van der Waals surface area contributed by atoms with Crippen molar-refractivity contribution in [3.8, 4) is 5.69 Å². The van der Waals surface area contributed by atoms with Crippen molar-refractivity contribution < 1.29 is 4.79 Å². The molecule has 0 spiro atoms. The van der Waals surface area contributed by atoms with Gasteiger partial charge in [-0.2, -0.15) is 0 Å². The van der Waals surface area contributed by atoms with Crippen LogP contribution in [0, 0.1) is 0 Å². The zero-order valence-corrected chi connectivity index (χ0v) is 15.3. The minimum absolute atomic E-state index is 0.128. The van der Waals surface area contributed by atoms with E-state index in [-0.39, 0.29) is 5.41 Å². The Kier molecular flexibility index (Phi) is 3.50. The zero-order chi connectivity index (χ0) is 17.8. The molecule has 1 saturated heterocycles. The number of carbonyl (C=O) groups is 1. The second-order valence-electron chi connectivity index (χ2n) is 8.01. The van der Waals surface area contributed by atoms with Gasteiger partial charge in [-0.05, 0) is 36.1 Å². The molecular weight excluding hydrogens is 308 g/mol. The summed E-state index contributed by atoms with van der Waals surface area (Å²) in [6, 6.07) is 17.4. The third kappa shape index (κ3) is 2.55. The van der Waals surface area contributed by atoms with Crippen molar-refractivity contribution in [1.82, 2.24) is 4.57 Å². The van der Waals surface area contributed by atoms with Crippen LogP contribution >= 0.6 is 0 Å². The van der Waals surface area contributed by atoms with Crippen LogP contribution in [0.1, 0.15) is 43.6 Å². The predicted octanol–water partition coefficient (Wildman–Crippen LogP) is 4.95. The quantitative estimate of drug-likeness (QED) is 0.501. The highest BCUT2D eigenvalue weighted by atomic mass is 16.1. The maximum atomic E-state index is 11.9. The van der Waals surface area contributed by atoms with Crippen molar-refractivity contribution in [3.63, 3.8) is 0 Å². The second-order valence-corrected chi connectivity index (χ2v) is 8.01. The number of fused-ring (bicyclic) bond motifs is 1. The molecule has 25 heavy (non-hydrogen) atoms. The molecule has 3 aromatic rings. The van der Waals surface area contributed by atoms with Gasteiger partial charge in [0.2, 0.25) is 0 Å². The lowest BCUT2D eigenvalue weighted by molar-refractivity contribution is 0.112. The van der Waals surface area contributed by atoms with Crippen LogP contribution in [-0.2, 0) is 5.41 Å². The maximum absolute atomic E-state index is 11.9. The fourth-order valence-corrected chi connectivity index (χ4v) is 3.56. The highest BCUT2D eigenvalue weighted by Gasteiger charge is 2.35. The van der Waals surface area contributed by atoms with E-state index in [9.17, 15) is 4.79 Å². The minimum Gasteiger partial charge on any atom is -0.351 e. The van der Waals surface area contributed by atoms with Crippen molar-refractivity contribution in [2.45, 2.75) is 39.2 Å². The molecule has 128 valence electrons. The van der Waals surface area contributed by atoms with E-state index < -0.39 is 0 Å². The van der Waals surface area contributed by atoms with E-state index in [0.717, 1.165) is 40.8 Å². The molecule has 3 nitrogen and oxygen atoms in total. The fraction of sp³-hybridized carbons (Fsp3) is 0.318. The SMILES string of the molecule is CC1CN1c1c(C=O)c2ccccc2n1-c1ccc(C(C)(C)C)cc1. The van der Waals surface area contributed by atoms with E-state index in [1.807, 2.05) is 18.2 Å². The first-order valence-corrected chi connectivity index (χ1v) is 8.88. The van der Waals surface area contributed by atoms with Crippen molar-refractivity contribution in [2.75, 3.05) is 11.4 Å². The van der Waals surface area contributed by atoms with Gasteiger partial charge >= 0.3 is 0 Å². The highest BCUT2D eigenvalue weighted by molar-refractivity contribution is 6.05. The summed E-state index contributed by atoms with van der Waals surface area (Å²) in [6.07, 6.45) is 1.00. The smallest absolute Gasteiger partial charge is 0.154 e. The molecule has 2 heterocycles. The molecule has 1 unspecified atom stereocenters. The van der Waals surface area contributed by atoms with Crippen LogP contribution in [0.15, 0.2) is 48.5 Å². The topological polar surface area (TPSA) is 25.0 Å². The molecular formula is C22H24N2O. The maximum Gasteiger partial charge on any atom is 0.154 e. The van der Waals surface area contributed by atoms with Gasteiger partial charge in [-0.1, -0.05) is 51.1 Å². The van der Waals surface area contributed by atoms with Gasteiger partial charge in [0.25, 0.3) is 0 Å². The number of aldehydes is 1. The average molecular weight is 332 g/mol. The van der Waals surface area contributed by atoms with Crippen molar-refractivity contribution in [2.24, 2.45) is 0 Å². The summed E-state index contributed by atoms with van der Waals surface area (Å²) < 4.78 is 2.23. The standard InChI is InChI=1S/C22H24N2O/c1-15-13-23(15)21-19(14-25)18-7-5-6-8-20(18)24(21)17-11-9-16(10-12-17)22(2,3)4/h5-12,14-15H,13H2,1-4H3. The van der Waals surface area contributed by atoms with E-state index in [2.05, 4.69) is 67.5 Å². The molecule has 4 rings (SSSR count). The van der Waals surface area contributed by atoms with Crippen molar-refractivity contribution >= 4 is 23.0 Å². The van der Waals surface area contributed by atoms with Crippen LogP contribution in [0.25, 0.3) is 16.6 Å². The molecule has 0 amide bonds. The van der Waals surface area contributed by atoms with Gasteiger partial charge in [-0.3, -0.25) is 9.36 Å². The molecule has 3 heteroatoms. The summed E-state index contributed by atoms with van der Waals surface area (Å²) >= 11 is 0. The number of benzene rings is 2. The summed E-state index contributed by atoms with van der Waals surface area (Å²) in [5.74, 6) is 1.02. The van der Waals surface area contributed by atoms with Gasteiger partial charge in [0.15, 0.2) is 6.29 Å². The first-order valence-electron chi connectivity index (χ1n) is 8.88. The van der Waals surface area contributed by atoms with E-state index in [1.165, 1.54) is 5.56 Å². The predicted molar refractivity (Wildman–Crippen MR) is 104 cm³/mol. The van der Waals surface area contributed by atoms with Gasteiger partial charge in [-0.15, -0.1) is 0 Å². The summed E-state index contributed by atoms with van der Waals surface area (Å²) in [7, 11) is 0. The first-order chi connectivity index (χ1) is 11.9. The monoisotopic (exact) mass is 332 g/mol. The molecule has 0 saturated carbocycles. The van der Waals surface area contributed by atoms with Gasteiger partial charge in [0.1, 0.15) is 5.82 Å². The normalized spacial score (nSPS) is 17.1. The lowest BCUT2D eigenvalue weighted by Crippen LogP contribution is -2.11. The van der Waals surface area contributed by atoms with Crippen LogP contribution in [0.2, 0.25) is 0 Å². The average Bonchev–Trinajstić information content (AvgIpc) is 3.21. The number of nitrogens with zero attached hydrogens (tertiary/aromatic N) is 2. The number of hydrogen-bond donors (Lipinski definition) is 0. The molecule has 2 aromatic carbocycles. The van der Waals surface area contributed by atoms with Crippen molar-refractivity contribution in [1.29, 1.82) is 0 Å². The summed E-state index contributed by atoms with van der Waals surface area (Å²) in [5.41, 5.74) is 4.42. The Labute approximate surface area is 148 Å². The van der Waals surface area contributed by atoms with Gasteiger partial charge < -0.3 is 4.90 Å². The van der Waals surface area contributed by atoms with E-state index in [1.54, 1.807) is 0 Å². The van der Waals surface area contributed by atoms with Crippen molar-refractivity contribution in [3.05, 3.63) is 59.7 Å². The highest BCUT2D eigenvalue weighted by Crippen LogP contribution is 2.39. The van der Waals surface area contributed by atoms with Crippen LogP contribution in [-0.4, -0.2) is 23.4 Å². The minimum atomic E-state index is 0.128. The zero-order valence-electron chi connectivity index (χ0n) is 15.3. The summed E-state index contributed by atoms with van der Waals surface area (Å²) in [5, 5.41) is 1.02. The molecule has 0 bridgehead atoms. The number of aromatic nitrogens is 1. The molecule has 1 atom stereocenters. The molecule has 1 aliphatic heterocycles. The van der Waals surface area contributed by atoms with E-state index >= 15 is 0 Å². The summed E-state index contributed by atoms with van der Waals surface area (Å²) in [4.78, 5) is 14.2. The number of anilines is 1. The van der Waals surface area contributed by atoms with Gasteiger partial charge in [-0.25, -0.2) is 0 Å². The second kappa shape index (κ2) is 5.48. The lowest BCUT2D eigenvalue weighted by Gasteiger charge is -2.20. The number of hydrogen-bond acceptors (Lipinski definition) is 2. The molecule has 0 N–H and O–H groups in total. The van der Waals surface area contributed by atoms with Gasteiger partial charge in [0, 0.05) is 23.7 Å². The Morgan fingerprint density at radius 3 is 2.24 bits per heavy atom. The Morgan fingerprint density at radius 1 is 1.04 bits per heavy atom. The first kappa shape index (κ1) is 15.9.